The number of carbonyl (C=O) groups is 1. The fraction of sp³-hybridized carbons (Fsp3) is 0.316. The van der Waals surface area contributed by atoms with Crippen molar-refractivity contribution in [3.63, 3.8) is 0 Å². The Bertz CT molecular complexity index is 600. The van der Waals surface area contributed by atoms with Gasteiger partial charge < -0.3 is 10.1 Å². The van der Waals surface area contributed by atoms with E-state index in [0.29, 0.717) is 18.9 Å². The van der Waals surface area contributed by atoms with Crippen molar-refractivity contribution in [1.29, 1.82) is 0 Å². The van der Waals surface area contributed by atoms with E-state index in [1.165, 1.54) is 5.56 Å². The van der Waals surface area contributed by atoms with Crippen molar-refractivity contribution in [3.8, 4) is 5.75 Å². The molecule has 0 bridgehead atoms. The number of nitrogens with one attached hydrogen (secondary N) is 1. The van der Waals surface area contributed by atoms with E-state index in [4.69, 9.17) is 4.74 Å². The summed E-state index contributed by atoms with van der Waals surface area (Å²) in [5.41, 5.74) is 3.07. The van der Waals surface area contributed by atoms with Crippen molar-refractivity contribution in [2.24, 2.45) is 0 Å². The van der Waals surface area contributed by atoms with Gasteiger partial charge in [0.25, 0.3) is 0 Å². The monoisotopic (exact) mass is 297 g/mol. The lowest BCUT2D eigenvalue weighted by Gasteiger charge is -2.09. The number of hydrogen-bond donors (Lipinski definition) is 1. The summed E-state index contributed by atoms with van der Waals surface area (Å²) in [6.45, 7) is 6.90. The third-order valence-electron chi connectivity index (χ3n) is 3.46. The van der Waals surface area contributed by atoms with Crippen LogP contribution in [0.25, 0.3) is 0 Å². The molecule has 2 aromatic rings. The first kappa shape index (κ1) is 16.1. The number of amides is 1. The van der Waals surface area contributed by atoms with E-state index in [1.54, 1.807) is 0 Å². The molecule has 22 heavy (non-hydrogen) atoms. The Morgan fingerprint density at radius 3 is 2.23 bits per heavy atom. The smallest absolute Gasteiger partial charge is 0.228 e. The molecule has 0 fully saturated rings. The summed E-state index contributed by atoms with van der Waals surface area (Å²) in [6, 6.07) is 15.6. The quantitative estimate of drug-likeness (QED) is 0.858. The van der Waals surface area contributed by atoms with Crippen LogP contribution in [0.2, 0.25) is 0 Å². The summed E-state index contributed by atoms with van der Waals surface area (Å²) in [5.74, 6) is 1.31. The highest BCUT2D eigenvalue weighted by Gasteiger charge is 2.05. The predicted molar refractivity (Wildman–Crippen MR) is 90.5 cm³/mol. The van der Waals surface area contributed by atoms with Gasteiger partial charge in [0.05, 0.1) is 13.0 Å². The maximum atomic E-state index is 12.1. The molecule has 1 N–H and O–H groups in total. The molecule has 0 saturated heterocycles. The number of carbonyl (C=O) groups excluding carboxylic acids is 1. The molecule has 2 aromatic carbocycles. The average Bonchev–Trinajstić information content (AvgIpc) is 2.50. The van der Waals surface area contributed by atoms with E-state index < -0.39 is 0 Å². The van der Waals surface area contributed by atoms with E-state index in [2.05, 4.69) is 31.3 Å². The zero-order valence-electron chi connectivity index (χ0n) is 13.4. The Labute approximate surface area is 132 Å². The zero-order valence-corrected chi connectivity index (χ0v) is 13.4. The highest BCUT2D eigenvalue weighted by molar-refractivity contribution is 5.92. The number of rotatable bonds is 6. The van der Waals surface area contributed by atoms with Gasteiger partial charge in [0.15, 0.2) is 0 Å². The number of anilines is 1. The molecular formula is C19H23NO2. The van der Waals surface area contributed by atoms with Crippen molar-refractivity contribution in [2.45, 2.75) is 33.1 Å². The Hall–Kier alpha value is -2.29. The third kappa shape index (κ3) is 4.62. The maximum Gasteiger partial charge on any atom is 0.228 e. The van der Waals surface area contributed by atoms with E-state index in [-0.39, 0.29) is 5.91 Å². The lowest BCUT2D eigenvalue weighted by Crippen LogP contribution is -2.14. The van der Waals surface area contributed by atoms with Gasteiger partial charge in [-0.2, -0.15) is 0 Å². The third-order valence-corrected chi connectivity index (χ3v) is 3.46. The molecule has 3 heteroatoms. The van der Waals surface area contributed by atoms with Crippen LogP contribution < -0.4 is 10.1 Å². The predicted octanol–water partition coefficient (Wildman–Crippen LogP) is 4.39. The summed E-state index contributed by atoms with van der Waals surface area (Å²) in [7, 11) is 0. The lowest BCUT2D eigenvalue weighted by molar-refractivity contribution is -0.115. The fourth-order valence-electron chi connectivity index (χ4n) is 2.21. The molecule has 116 valence electrons. The standard InChI is InChI=1S/C19H23NO2/c1-4-22-18-11-5-15(6-12-18)13-19(21)20-17-9-7-16(8-10-17)14(2)3/h5-12,14H,4,13H2,1-3H3,(H,20,21). The second-order valence-electron chi connectivity index (χ2n) is 5.58. The minimum atomic E-state index is -0.0125. The molecule has 2 rings (SSSR count). The average molecular weight is 297 g/mol. The van der Waals surface area contributed by atoms with Crippen molar-refractivity contribution < 1.29 is 9.53 Å². The SMILES string of the molecule is CCOc1ccc(CC(=O)Nc2ccc(C(C)C)cc2)cc1. The van der Waals surface area contributed by atoms with Crippen LogP contribution in [0, 0.1) is 0 Å². The molecule has 0 aliphatic heterocycles. The molecule has 3 nitrogen and oxygen atoms in total. The highest BCUT2D eigenvalue weighted by atomic mass is 16.5. The van der Waals surface area contributed by atoms with Crippen molar-refractivity contribution >= 4 is 11.6 Å². The number of benzene rings is 2. The van der Waals surface area contributed by atoms with Crippen LogP contribution in [0.15, 0.2) is 48.5 Å². The lowest BCUT2D eigenvalue weighted by atomic mass is 10.0. The van der Waals surface area contributed by atoms with Gasteiger partial charge in [-0.05, 0) is 48.2 Å². The topological polar surface area (TPSA) is 38.3 Å². The van der Waals surface area contributed by atoms with E-state index >= 15 is 0 Å². The van der Waals surface area contributed by atoms with Crippen LogP contribution in [0.1, 0.15) is 37.8 Å². The van der Waals surface area contributed by atoms with E-state index in [9.17, 15) is 4.79 Å². The maximum absolute atomic E-state index is 12.1. The Balaban J connectivity index is 1.91. The van der Waals surface area contributed by atoms with Gasteiger partial charge in [-0.3, -0.25) is 4.79 Å². The molecule has 0 aliphatic rings. The van der Waals surface area contributed by atoms with Gasteiger partial charge >= 0.3 is 0 Å². The van der Waals surface area contributed by atoms with Gasteiger partial charge in [0.2, 0.25) is 5.91 Å². The van der Waals surface area contributed by atoms with Gasteiger partial charge in [0.1, 0.15) is 5.75 Å². The fourth-order valence-corrected chi connectivity index (χ4v) is 2.21. The number of ether oxygens (including phenoxy) is 1. The van der Waals surface area contributed by atoms with Crippen LogP contribution >= 0.6 is 0 Å². The van der Waals surface area contributed by atoms with Crippen molar-refractivity contribution in [2.75, 3.05) is 11.9 Å². The second-order valence-corrected chi connectivity index (χ2v) is 5.58. The van der Waals surface area contributed by atoms with Crippen molar-refractivity contribution in [1.82, 2.24) is 0 Å². The largest absolute Gasteiger partial charge is 0.494 e. The van der Waals surface area contributed by atoms with Crippen LogP contribution in [-0.2, 0) is 11.2 Å². The van der Waals surface area contributed by atoms with Crippen LogP contribution in [-0.4, -0.2) is 12.5 Å². The highest BCUT2D eigenvalue weighted by Crippen LogP contribution is 2.17. The van der Waals surface area contributed by atoms with Gasteiger partial charge in [-0.1, -0.05) is 38.1 Å². The zero-order chi connectivity index (χ0) is 15.9. The minimum absolute atomic E-state index is 0.0125. The molecule has 0 heterocycles. The first-order valence-electron chi connectivity index (χ1n) is 7.70. The van der Waals surface area contributed by atoms with Gasteiger partial charge in [-0.15, -0.1) is 0 Å². The molecule has 0 spiro atoms. The summed E-state index contributed by atoms with van der Waals surface area (Å²) < 4.78 is 5.39. The van der Waals surface area contributed by atoms with E-state index in [0.717, 1.165) is 17.0 Å². The molecule has 0 aliphatic carbocycles. The number of hydrogen-bond acceptors (Lipinski definition) is 2. The Kier molecular flexibility index (Phi) is 5.59. The summed E-state index contributed by atoms with van der Waals surface area (Å²) in [6.07, 6.45) is 0.359. The van der Waals surface area contributed by atoms with Gasteiger partial charge in [-0.25, -0.2) is 0 Å². The van der Waals surface area contributed by atoms with Gasteiger partial charge in [0, 0.05) is 5.69 Å². The Morgan fingerprint density at radius 2 is 1.68 bits per heavy atom. The molecule has 0 saturated carbocycles. The Morgan fingerprint density at radius 1 is 1.05 bits per heavy atom. The van der Waals surface area contributed by atoms with Crippen LogP contribution in [0.4, 0.5) is 5.69 Å². The van der Waals surface area contributed by atoms with Crippen molar-refractivity contribution in [3.05, 3.63) is 59.7 Å². The first-order valence-corrected chi connectivity index (χ1v) is 7.70. The molecule has 1 amide bonds. The first-order chi connectivity index (χ1) is 10.6. The second kappa shape index (κ2) is 7.64. The summed E-state index contributed by atoms with van der Waals surface area (Å²) in [4.78, 5) is 12.1. The molecule has 0 atom stereocenters. The normalized spacial score (nSPS) is 10.5. The van der Waals surface area contributed by atoms with Crippen LogP contribution in [0.5, 0.6) is 5.75 Å². The molecular weight excluding hydrogens is 274 g/mol. The van der Waals surface area contributed by atoms with E-state index in [1.807, 2.05) is 43.3 Å². The van der Waals surface area contributed by atoms with Crippen LogP contribution in [0.3, 0.4) is 0 Å². The molecule has 0 radical (unpaired) electrons. The minimum Gasteiger partial charge on any atom is -0.494 e. The summed E-state index contributed by atoms with van der Waals surface area (Å²) in [5, 5.41) is 2.93. The molecule has 0 unspecified atom stereocenters. The summed E-state index contributed by atoms with van der Waals surface area (Å²) >= 11 is 0. The molecule has 0 aromatic heterocycles.